The molecule has 0 saturated heterocycles. The molecule has 0 aromatic heterocycles. The van der Waals surface area contributed by atoms with E-state index in [1.165, 1.54) is 16.7 Å². The van der Waals surface area contributed by atoms with Crippen molar-refractivity contribution in [2.45, 2.75) is 45.4 Å². The molecule has 1 nitrogen and oxygen atoms in total. The first kappa shape index (κ1) is 14.1. The molecule has 0 radical (unpaired) electrons. The molecular weight excluding hydrogens is 273 g/mol. The van der Waals surface area contributed by atoms with Gasteiger partial charge in [0.1, 0.15) is 5.78 Å². The number of hydrogen-bond acceptors (Lipinski definition) is 1. The van der Waals surface area contributed by atoms with E-state index in [4.69, 9.17) is 0 Å². The van der Waals surface area contributed by atoms with Gasteiger partial charge in [0.25, 0.3) is 0 Å². The van der Waals surface area contributed by atoms with Crippen LogP contribution in [-0.4, -0.2) is 5.78 Å². The van der Waals surface area contributed by atoms with Gasteiger partial charge in [0.05, 0.1) is 0 Å². The predicted octanol–water partition coefficient (Wildman–Crippen LogP) is 3.33. The Kier molecular flexibility index (Phi) is 5.33. The van der Waals surface area contributed by atoms with Crippen molar-refractivity contribution in [3.63, 3.8) is 0 Å². The summed E-state index contributed by atoms with van der Waals surface area (Å²) in [6.45, 7) is 4.18. The van der Waals surface area contributed by atoms with E-state index in [9.17, 15) is 4.79 Å². The molecule has 80 valence electrons. The number of rotatable bonds is 1. The smallest absolute Gasteiger partial charge is 0.300 e. The first-order valence-electron chi connectivity index (χ1n) is 5.67. The molecule has 2 rings (SSSR count). The van der Waals surface area contributed by atoms with Crippen molar-refractivity contribution in [3.8, 4) is 0 Å². The van der Waals surface area contributed by atoms with Crippen LogP contribution in [0.5, 0.6) is 0 Å². The average molecular weight is 290 g/mol. The van der Waals surface area contributed by atoms with Gasteiger partial charge in [0.15, 0.2) is 0 Å². The number of aryl methyl sites for hydroxylation is 2. The van der Waals surface area contributed by atoms with Crippen LogP contribution in [0, 0.1) is 19.9 Å². The summed E-state index contributed by atoms with van der Waals surface area (Å²) in [5.41, 5.74) is 3.82. The molecule has 16 heavy (non-hydrogen) atoms. The van der Waals surface area contributed by atoms with E-state index < -0.39 is 0 Å². The predicted molar refractivity (Wildman–Crippen MR) is 61.0 cm³/mol. The molecule has 0 spiro atoms. The quantitative estimate of drug-likeness (QED) is 0.725. The Morgan fingerprint density at radius 3 is 2.12 bits per heavy atom. The Bertz CT molecular complexity index is 354. The van der Waals surface area contributed by atoms with Crippen LogP contribution < -0.4 is 0 Å². The maximum absolute atomic E-state index is 11.2. The van der Waals surface area contributed by atoms with Crippen molar-refractivity contribution in [1.82, 2.24) is 0 Å². The second-order valence-electron chi connectivity index (χ2n) is 4.59. The van der Waals surface area contributed by atoms with E-state index in [0.717, 1.165) is 25.7 Å². The molecule has 0 heterocycles. The van der Waals surface area contributed by atoms with Crippen molar-refractivity contribution in [1.29, 1.82) is 0 Å². The van der Waals surface area contributed by atoms with Crippen molar-refractivity contribution >= 4 is 5.78 Å². The van der Waals surface area contributed by atoms with Gasteiger partial charge in [-0.2, -0.15) is 34.9 Å². The van der Waals surface area contributed by atoms with E-state index in [1.807, 2.05) is 0 Å². The molecule has 0 atom stereocenters. The minimum atomic E-state index is 0. The Morgan fingerprint density at radius 1 is 1.12 bits per heavy atom. The minimum Gasteiger partial charge on any atom is -0.300 e. The molecule has 1 aliphatic carbocycles. The molecule has 1 saturated carbocycles. The number of carbonyl (C=O) groups is 1. The summed E-state index contributed by atoms with van der Waals surface area (Å²) in [7, 11) is 0. The number of carbonyl (C=O) groups excluding carboxylic acids is 1. The Morgan fingerprint density at radius 2 is 1.62 bits per heavy atom. The molecule has 2 heteroatoms. The molecule has 0 unspecified atom stereocenters. The van der Waals surface area contributed by atoms with Crippen LogP contribution >= 0.6 is 0 Å². The molecule has 1 aromatic rings. The first-order chi connectivity index (χ1) is 7.15. The van der Waals surface area contributed by atoms with Crippen LogP contribution in [0.25, 0.3) is 0 Å². The molecule has 0 bridgehead atoms. The third-order valence-corrected chi connectivity index (χ3v) is 3.18. The van der Waals surface area contributed by atoms with Crippen LogP contribution in [0.2, 0.25) is 0 Å². The molecule has 1 aliphatic rings. The molecule has 0 aliphatic heterocycles. The zero-order valence-electron chi connectivity index (χ0n) is 10.0. The molecule has 0 amide bonds. The Hall–Kier alpha value is -0.00610. The van der Waals surface area contributed by atoms with Gasteiger partial charge in [-0.05, 0) is 18.8 Å². The van der Waals surface area contributed by atoms with E-state index in [2.05, 4.69) is 32.0 Å². The molecule has 1 aromatic carbocycles. The molecular formula is C14H17OY+2. The van der Waals surface area contributed by atoms with Gasteiger partial charge in [-0.3, -0.25) is 4.79 Å². The minimum absolute atomic E-state index is 0. The van der Waals surface area contributed by atoms with E-state index in [1.54, 1.807) is 0 Å². The Labute approximate surface area is 123 Å². The summed E-state index contributed by atoms with van der Waals surface area (Å²) in [5.74, 6) is 1.02. The summed E-state index contributed by atoms with van der Waals surface area (Å²) in [4.78, 5) is 11.2. The van der Waals surface area contributed by atoms with Gasteiger partial charge < -0.3 is 0 Å². The second-order valence-corrected chi connectivity index (χ2v) is 4.59. The molecule has 0 N–H and O–H groups in total. The zero-order chi connectivity index (χ0) is 10.8. The largest absolute Gasteiger partial charge is 3.00 e. The number of ketones is 1. The van der Waals surface area contributed by atoms with Crippen LogP contribution in [0.15, 0.2) is 12.1 Å². The van der Waals surface area contributed by atoms with Crippen LogP contribution in [-0.2, 0) is 37.5 Å². The summed E-state index contributed by atoms with van der Waals surface area (Å²) >= 11 is 0. The van der Waals surface area contributed by atoms with Gasteiger partial charge in [-0.25, -0.2) is 0 Å². The van der Waals surface area contributed by atoms with Crippen molar-refractivity contribution in [2.75, 3.05) is 0 Å². The van der Waals surface area contributed by atoms with Gasteiger partial charge >= 0.3 is 32.7 Å². The number of Topliss-reactive ketones (excluding diaryl/α,β-unsaturated/α-hetero) is 1. The van der Waals surface area contributed by atoms with Crippen LogP contribution in [0.3, 0.4) is 0 Å². The monoisotopic (exact) mass is 290 g/mol. The van der Waals surface area contributed by atoms with Gasteiger partial charge in [-0.15, -0.1) is 0 Å². The maximum atomic E-state index is 11.2. The van der Waals surface area contributed by atoms with Crippen LogP contribution in [0.4, 0.5) is 0 Å². The van der Waals surface area contributed by atoms with E-state index >= 15 is 0 Å². The normalized spacial score (nSPS) is 17.0. The SMILES string of the molecule is Cc1[c-]c(C)cc(C2CCC(=O)CC2)c1.[Y+3]. The summed E-state index contributed by atoms with van der Waals surface area (Å²) in [5, 5.41) is 0. The van der Waals surface area contributed by atoms with Gasteiger partial charge in [0.2, 0.25) is 0 Å². The summed E-state index contributed by atoms with van der Waals surface area (Å²) < 4.78 is 0. The fraction of sp³-hybridized carbons (Fsp3) is 0.500. The fourth-order valence-electron chi connectivity index (χ4n) is 2.43. The topological polar surface area (TPSA) is 17.1 Å². The maximum Gasteiger partial charge on any atom is 3.00 e. The second kappa shape index (κ2) is 6.07. The number of benzene rings is 1. The number of hydrogen-bond donors (Lipinski definition) is 0. The van der Waals surface area contributed by atoms with Crippen LogP contribution in [0.1, 0.15) is 48.3 Å². The first-order valence-corrected chi connectivity index (χ1v) is 5.67. The third kappa shape index (κ3) is 3.50. The van der Waals surface area contributed by atoms with Gasteiger partial charge in [-0.1, -0.05) is 13.8 Å². The standard InChI is InChI=1S/C14H17O.Y/c1-10-7-11(2)9-13(8-10)12-3-5-14(15)6-4-12;/h8-9,12H,3-6H2,1-2H3;/q-1;+3. The van der Waals surface area contributed by atoms with E-state index in [-0.39, 0.29) is 32.7 Å². The summed E-state index contributed by atoms with van der Waals surface area (Å²) in [6, 6.07) is 7.72. The fourth-order valence-corrected chi connectivity index (χ4v) is 2.43. The van der Waals surface area contributed by atoms with Gasteiger partial charge in [0, 0.05) is 12.8 Å². The van der Waals surface area contributed by atoms with Crippen molar-refractivity contribution < 1.29 is 37.5 Å². The van der Waals surface area contributed by atoms with Crippen molar-refractivity contribution in [2.24, 2.45) is 0 Å². The average Bonchev–Trinajstić information content (AvgIpc) is 2.17. The van der Waals surface area contributed by atoms with Crippen molar-refractivity contribution in [3.05, 3.63) is 34.9 Å². The van der Waals surface area contributed by atoms with E-state index in [0.29, 0.717) is 11.7 Å². The third-order valence-electron chi connectivity index (χ3n) is 3.18. The summed E-state index contributed by atoms with van der Waals surface area (Å²) in [6.07, 6.45) is 3.59. The Balaban J connectivity index is 0.00000128. The zero-order valence-corrected chi connectivity index (χ0v) is 12.9. The molecule has 1 fully saturated rings.